The van der Waals surface area contributed by atoms with Gasteiger partial charge in [0.15, 0.2) is 17.1 Å². The van der Waals surface area contributed by atoms with Gasteiger partial charge in [-0.25, -0.2) is 19.7 Å². The second-order valence-corrected chi connectivity index (χ2v) is 7.36. The highest BCUT2D eigenvalue weighted by Gasteiger charge is 2.16. The molecule has 1 saturated heterocycles. The van der Waals surface area contributed by atoms with Gasteiger partial charge in [-0.2, -0.15) is 5.10 Å². The van der Waals surface area contributed by atoms with Crippen molar-refractivity contribution in [1.29, 1.82) is 0 Å². The molecule has 0 saturated carbocycles. The molecule has 0 atom stereocenters. The fraction of sp³-hybridized carbons (Fsp3) is 0.350. The van der Waals surface area contributed by atoms with Crippen molar-refractivity contribution in [1.82, 2.24) is 40.0 Å². The number of hydrogen-bond acceptors (Lipinski definition) is 6. The van der Waals surface area contributed by atoms with Crippen molar-refractivity contribution in [3.05, 3.63) is 46.8 Å². The van der Waals surface area contributed by atoms with Crippen LogP contribution >= 0.6 is 0 Å². The van der Waals surface area contributed by atoms with Crippen LogP contribution in [0.15, 0.2) is 35.4 Å². The van der Waals surface area contributed by atoms with Crippen molar-refractivity contribution in [3.63, 3.8) is 0 Å². The number of imidazole rings is 1. The lowest BCUT2D eigenvalue weighted by Gasteiger charge is -2.26. The Hall–Kier alpha value is -3.33. The van der Waals surface area contributed by atoms with E-state index in [1.54, 1.807) is 0 Å². The van der Waals surface area contributed by atoms with Gasteiger partial charge < -0.3 is 4.90 Å². The van der Waals surface area contributed by atoms with Gasteiger partial charge in [-0.05, 0) is 25.9 Å². The molecular weight excluding hydrogens is 368 g/mol. The number of nitrogens with zero attached hydrogens (tertiary/aromatic N) is 5. The SMILES string of the molecule is O=c1[nH]c2nc(CCN3CCCCC3)c(-c3ccc(-c4ncn[nH]4)cc3)nc2[nH]1. The molecule has 0 bridgehead atoms. The summed E-state index contributed by atoms with van der Waals surface area (Å²) in [4.78, 5) is 33.3. The minimum Gasteiger partial charge on any atom is -0.303 e. The number of aromatic amines is 3. The highest BCUT2D eigenvalue weighted by atomic mass is 16.1. The molecule has 3 aromatic heterocycles. The smallest absolute Gasteiger partial charge is 0.303 e. The minimum atomic E-state index is -0.292. The third kappa shape index (κ3) is 3.68. The topological polar surface area (TPSA) is 119 Å². The Morgan fingerprint density at radius 1 is 0.931 bits per heavy atom. The lowest BCUT2D eigenvalue weighted by Crippen LogP contribution is -2.31. The normalized spacial score (nSPS) is 15.2. The van der Waals surface area contributed by atoms with Crippen molar-refractivity contribution in [2.75, 3.05) is 19.6 Å². The molecule has 0 radical (unpaired) electrons. The van der Waals surface area contributed by atoms with E-state index in [2.05, 4.69) is 30.0 Å². The van der Waals surface area contributed by atoms with Crippen LogP contribution in [-0.4, -0.2) is 59.7 Å². The Bertz CT molecular complexity index is 1150. The summed E-state index contributed by atoms with van der Waals surface area (Å²) in [5, 5.41) is 6.77. The number of nitrogens with one attached hydrogen (secondary N) is 3. The van der Waals surface area contributed by atoms with Crippen LogP contribution in [-0.2, 0) is 6.42 Å². The molecule has 4 aromatic rings. The Morgan fingerprint density at radius 2 is 1.66 bits per heavy atom. The van der Waals surface area contributed by atoms with Crippen LogP contribution in [0.1, 0.15) is 25.0 Å². The zero-order valence-electron chi connectivity index (χ0n) is 16.0. The lowest BCUT2D eigenvalue weighted by molar-refractivity contribution is 0.231. The summed E-state index contributed by atoms with van der Waals surface area (Å²) in [5.74, 6) is 0.721. The van der Waals surface area contributed by atoms with Gasteiger partial charge in [0.1, 0.15) is 6.33 Å². The van der Waals surface area contributed by atoms with Crippen molar-refractivity contribution in [3.8, 4) is 22.6 Å². The second-order valence-electron chi connectivity index (χ2n) is 7.36. The van der Waals surface area contributed by atoms with Gasteiger partial charge in [-0.1, -0.05) is 30.7 Å². The molecule has 148 valence electrons. The van der Waals surface area contributed by atoms with Crippen LogP contribution in [0.5, 0.6) is 0 Å². The van der Waals surface area contributed by atoms with E-state index in [0.717, 1.165) is 54.4 Å². The molecule has 1 aromatic carbocycles. The molecule has 0 spiro atoms. The van der Waals surface area contributed by atoms with Crippen LogP contribution in [0.25, 0.3) is 33.9 Å². The quantitative estimate of drug-likeness (QED) is 0.480. The Morgan fingerprint density at radius 3 is 2.38 bits per heavy atom. The Labute approximate surface area is 166 Å². The van der Waals surface area contributed by atoms with E-state index in [0.29, 0.717) is 11.3 Å². The van der Waals surface area contributed by atoms with E-state index in [1.165, 1.54) is 25.6 Å². The molecule has 0 amide bonds. The number of rotatable bonds is 5. The number of piperidine rings is 1. The van der Waals surface area contributed by atoms with Crippen LogP contribution < -0.4 is 5.69 Å². The third-order valence-corrected chi connectivity index (χ3v) is 5.39. The third-order valence-electron chi connectivity index (χ3n) is 5.39. The average Bonchev–Trinajstić information content (AvgIpc) is 3.41. The number of fused-ring (bicyclic) bond motifs is 1. The summed E-state index contributed by atoms with van der Waals surface area (Å²) in [6.45, 7) is 3.22. The molecule has 9 heteroatoms. The van der Waals surface area contributed by atoms with Gasteiger partial charge in [0, 0.05) is 24.1 Å². The number of likely N-dealkylation sites (tertiary alicyclic amines) is 1. The molecule has 29 heavy (non-hydrogen) atoms. The molecule has 9 nitrogen and oxygen atoms in total. The number of hydrogen-bond donors (Lipinski definition) is 3. The van der Waals surface area contributed by atoms with E-state index in [9.17, 15) is 4.79 Å². The molecule has 4 heterocycles. The first-order valence-corrected chi connectivity index (χ1v) is 9.94. The molecule has 0 aliphatic carbocycles. The zero-order chi connectivity index (χ0) is 19.6. The lowest BCUT2D eigenvalue weighted by atomic mass is 10.0. The van der Waals surface area contributed by atoms with E-state index >= 15 is 0 Å². The molecule has 5 rings (SSSR count). The fourth-order valence-corrected chi connectivity index (χ4v) is 3.87. The van der Waals surface area contributed by atoms with Crippen LogP contribution in [0.4, 0.5) is 0 Å². The van der Waals surface area contributed by atoms with Crippen molar-refractivity contribution >= 4 is 11.3 Å². The first-order chi connectivity index (χ1) is 14.3. The standard InChI is InChI=1S/C20H22N8O/c29-20-25-18-19(26-20)24-16(15(23-18)8-11-28-9-2-1-3-10-28)13-4-6-14(7-5-13)17-21-12-22-27-17/h4-7,12H,1-3,8-11H2,(H,21,22,27)(H2,23,24,25,26,29). The predicted octanol–water partition coefficient (Wildman–Crippen LogP) is 2.13. The Kier molecular flexibility index (Phi) is 4.65. The van der Waals surface area contributed by atoms with Gasteiger partial charge in [0.05, 0.1) is 11.4 Å². The first kappa shape index (κ1) is 17.7. The maximum absolute atomic E-state index is 11.7. The summed E-state index contributed by atoms with van der Waals surface area (Å²) >= 11 is 0. The maximum Gasteiger partial charge on any atom is 0.326 e. The number of aromatic nitrogens is 7. The number of benzene rings is 1. The van der Waals surface area contributed by atoms with E-state index in [1.807, 2.05) is 24.3 Å². The van der Waals surface area contributed by atoms with Gasteiger partial charge in [0.2, 0.25) is 0 Å². The average molecular weight is 390 g/mol. The molecule has 1 aliphatic rings. The second kappa shape index (κ2) is 7.59. The van der Waals surface area contributed by atoms with Crippen LogP contribution in [0, 0.1) is 0 Å². The van der Waals surface area contributed by atoms with Crippen molar-refractivity contribution in [2.45, 2.75) is 25.7 Å². The zero-order valence-corrected chi connectivity index (χ0v) is 16.0. The molecular formula is C20H22N8O. The summed E-state index contributed by atoms with van der Waals surface area (Å²) in [5.41, 5.74) is 4.29. The van der Waals surface area contributed by atoms with Gasteiger partial charge in [-0.15, -0.1) is 0 Å². The van der Waals surface area contributed by atoms with E-state index in [4.69, 9.17) is 9.97 Å². The molecule has 3 N–H and O–H groups in total. The van der Waals surface area contributed by atoms with E-state index in [-0.39, 0.29) is 5.69 Å². The summed E-state index contributed by atoms with van der Waals surface area (Å²) < 4.78 is 0. The largest absolute Gasteiger partial charge is 0.326 e. The van der Waals surface area contributed by atoms with Crippen molar-refractivity contribution in [2.24, 2.45) is 0 Å². The monoisotopic (exact) mass is 390 g/mol. The van der Waals surface area contributed by atoms with Gasteiger partial charge in [0.25, 0.3) is 0 Å². The van der Waals surface area contributed by atoms with Gasteiger partial charge in [-0.3, -0.25) is 15.1 Å². The van der Waals surface area contributed by atoms with Crippen LogP contribution in [0.3, 0.4) is 0 Å². The molecule has 1 fully saturated rings. The molecule has 1 aliphatic heterocycles. The van der Waals surface area contributed by atoms with Crippen LogP contribution in [0.2, 0.25) is 0 Å². The molecule has 0 unspecified atom stereocenters. The highest BCUT2D eigenvalue weighted by Crippen LogP contribution is 2.25. The van der Waals surface area contributed by atoms with Crippen molar-refractivity contribution < 1.29 is 0 Å². The maximum atomic E-state index is 11.7. The highest BCUT2D eigenvalue weighted by molar-refractivity contribution is 5.73. The summed E-state index contributed by atoms with van der Waals surface area (Å²) in [6, 6.07) is 7.97. The minimum absolute atomic E-state index is 0.292. The first-order valence-electron chi connectivity index (χ1n) is 9.94. The van der Waals surface area contributed by atoms with Gasteiger partial charge >= 0.3 is 5.69 Å². The summed E-state index contributed by atoms with van der Waals surface area (Å²) in [7, 11) is 0. The summed E-state index contributed by atoms with van der Waals surface area (Å²) in [6.07, 6.45) is 6.10. The Balaban J connectivity index is 1.49. The van der Waals surface area contributed by atoms with E-state index < -0.39 is 0 Å². The fourth-order valence-electron chi connectivity index (χ4n) is 3.87. The predicted molar refractivity (Wildman–Crippen MR) is 109 cm³/mol. The number of H-pyrrole nitrogens is 3.